The lowest BCUT2D eigenvalue weighted by atomic mass is 9.82. The standard InChI is InChI=1S/C25H25N3O4/c1-30-20-11-7-18(8-12-20)25(19-9-13-21(31-2)14-10-19)23(29)28(24(26)27-25)16-17-5-4-6-22(15-17)32-3/h4-15H,16H2,1-3H3,(H2,26,27). The number of guanidine groups is 1. The van der Waals surface area contributed by atoms with Crippen LogP contribution in [0.15, 0.2) is 77.8 Å². The molecule has 0 radical (unpaired) electrons. The van der Waals surface area contributed by atoms with E-state index in [-0.39, 0.29) is 18.4 Å². The summed E-state index contributed by atoms with van der Waals surface area (Å²) in [6.07, 6.45) is 0. The van der Waals surface area contributed by atoms with E-state index in [1.807, 2.05) is 72.8 Å². The van der Waals surface area contributed by atoms with Crippen molar-refractivity contribution in [2.75, 3.05) is 21.3 Å². The summed E-state index contributed by atoms with van der Waals surface area (Å²) in [6.45, 7) is 0.277. The lowest BCUT2D eigenvalue weighted by Gasteiger charge is -2.27. The van der Waals surface area contributed by atoms with E-state index >= 15 is 0 Å². The van der Waals surface area contributed by atoms with Crippen LogP contribution in [-0.4, -0.2) is 38.1 Å². The monoisotopic (exact) mass is 431 g/mol. The normalized spacial score (nSPS) is 14.8. The van der Waals surface area contributed by atoms with Crippen molar-refractivity contribution < 1.29 is 19.0 Å². The van der Waals surface area contributed by atoms with Crippen molar-refractivity contribution >= 4 is 11.9 Å². The smallest absolute Gasteiger partial charge is 0.266 e. The van der Waals surface area contributed by atoms with Gasteiger partial charge >= 0.3 is 0 Å². The molecule has 0 spiro atoms. The van der Waals surface area contributed by atoms with Gasteiger partial charge in [0.1, 0.15) is 17.2 Å². The summed E-state index contributed by atoms with van der Waals surface area (Å²) in [6, 6.07) is 22.1. The first-order valence-electron chi connectivity index (χ1n) is 10.1. The Hall–Kier alpha value is -4.00. The molecule has 3 aromatic rings. The second-order valence-corrected chi connectivity index (χ2v) is 7.38. The molecule has 7 heteroatoms. The predicted octanol–water partition coefficient (Wildman–Crippen LogP) is 3.31. The molecule has 3 aromatic carbocycles. The molecule has 2 N–H and O–H groups in total. The summed E-state index contributed by atoms with van der Waals surface area (Å²) in [5.74, 6) is 2.02. The fourth-order valence-electron chi connectivity index (χ4n) is 3.89. The summed E-state index contributed by atoms with van der Waals surface area (Å²) in [7, 11) is 4.80. The molecular formula is C25H25N3O4. The van der Waals surface area contributed by atoms with Crippen LogP contribution in [0, 0.1) is 0 Å². The van der Waals surface area contributed by atoms with Crippen molar-refractivity contribution in [2.24, 2.45) is 10.7 Å². The minimum atomic E-state index is -1.30. The Balaban J connectivity index is 1.79. The highest BCUT2D eigenvalue weighted by atomic mass is 16.5. The van der Waals surface area contributed by atoms with E-state index in [1.54, 1.807) is 21.3 Å². The fourth-order valence-corrected chi connectivity index (χ4v) is 3.89. The third-order valence-electron chi connectivity index (χ3n) is 5.60. The number of hydrogen-bond acceptors (Lipinski definition) is 6. The summed E-state index contributed by atoms with van der Waals surface area (Å²) >= 11 is 0. The van der Waals surface area contributed by atoms with Crippen molar-refractivity contribution in [3.05, 3.63) is 89.5 Å². The zero-order valence-corrected chi connectivity index (χ0v) is 18.2. The first-order chi connectivity index (χ1) is 15.5. The van der Waals surface area contributed by atoms with Gasteiger partial charge in [0.25, 0.3) is 5.91 Å². The maximum Gasteiger partial charge on any atom is 0.266 e. The molecule has 7 nitrogen and oxygen atoms in total. The van der Waals surface area contributed by atoms with E-state index in [2.05, 4.69) is 0 Å². The third kappa shape index (κ3) is 3.62. The zero-order valence-electron chi connectivity index (χ0n) is 18.2. The Morgan fingerprint density at radius 3 is 1.84 bits per heavy atom. The number of hydrogen-bond donors (Lipinski definition) is 1. The number of nitrogens with two attached hydrogens (primary N) is 1. The van der Waals surface area contributed by atoms with Crippen LogP contribution in [0.1, 0.15) is 16.7 Å². The van der Waals surface area contributed by atoms with Crippen LogP contribution in [0.3, 0.4) is 0 Å². The lowest BCUT2D eigenvalue weighted by molar-refractivity contribution is -0.130. The number of nitrogens with zero attached hydrogens (tertiary/aromatic N) is 2. The van der Waals surface area contributed by atoms with Crippen LogP contribution in [0.2, 0.25) is 0 Å². The Labute approximate surface area is 187 Å². The molecule has 1 aliphatic rings. The van der Waals surface area contributed by atoms with Crippen molar-refractivity contribution in [3.8, 4) is 17.2 Å². The molecule has 0 unspecified atom stereocenters. The number of methoxy groups -OCH3 is 3. The highest BCUT2D eigenvalue weighted by Gasteiger charge is 2.50. The van der Waals surface area contributed by atoms with Crippen LogP contribution in [-0.2, 0) is 16.9 Å². The Morgan fingerprint density at radius 1 is 0.812 bits per heavy atom. The molecule has 0 fully saturated rings. The van der Waals surface area contributed by atoms with Gasteiger partial charge in [-0.2, -0.15) is 0 Å². The largest absolute Gasteiger partial charge is 0.497 e. The van der Waals surface area contributed by atoms with E-state index in [9.17, 15) is 4.79 Å². The molecule has 4 rings (SSSR count). The third-order valence-corrected chi connectivity index (χ3v) is 5.60. The zero-order chi connectivity index (χ0) is 22.7. The molecule has 1 amide bonds. The van der Waals surface area contributed by atoms with E-state index in [0.29, 0.717) is 28.4 Å². The predicted molar refractivity (Wildman–Crippen MR) is 122 cm³/mol. The lowest BCUT2D eigenvalue weighted by Crippen LogP contribution is -2.43. The van der Waals surface area contributed by atoms with Crippen molar-refractivity contribution in [1.82, 2.24) is 4.90 Å². The molecular weight excluding hydrogens is 406 g/mol. The average molecular weight is 431 g/mol. The highest BCUT2D eigenvalue weighted by Crippen LogP contribution is 2.41. The second kappa shape index (κ2) is 8.63. The van der Waals surface area contributed by atoms with Gasteiger partial charge in [0, 0.05) is 0 Å². The van der Waals surface area contributed by atoms with Gasteiger partial charge in [0.15, 0.2) is 11.5 Å². The highest BCUT2D eigenvalue weighted by molar-refractivity contribution is 6.09. The van der Waals surface area contributed by atoms with Crippen LogP contribution in [0.25, 0.3) is 0 Å². The van der Waals surface area contributed by atoms with Gasteiger partial charge in [0.2, 0.25) is 0 Å². The second-order valence-electron chi connectivity index (χ2n) is 7.38. The van der Waals surface area contributed by atoms with Crippen molar-refractivity contribution in [3.63, 3.8) is 0 Å². The Bertz CT molecular complexity index is 1090. The first kappa shape index (κ1) is 21.2. The molecule has 164 valence electrons. The molecule has 0 saturated heterocycles. The van der Waals surface area contributed by atoms with Crippen molar-refractivity contribution in [1.29, 1.82) is 0 Å². The number of carbonyl (C=O) groups is 1. The van der Waals surface area contributed by atoms with Crippen LogP contribution in [0.4, 0.5) is 0 Å². The van der Waals surface area contributed by atoms with Gasteiger partial charge in [0.05, 0.1) is 27.9 Å². The van der Waals surface area contributed by atoms with Crippen LogP contribution in [0.5, 0.6) is 17.2 Å². The van der Waals surface area contributed by atoms with E-state index < -0.39 is 5.54 Å². The molecule has 0 atom stereocenters. The average Bonchev–Trinajstić information content (AvgIpc) is 3.10. The van der Waals surface area contributed by atoms with Gasteiger partial charge in [-0.15, -0.1) is 0 Å². The van der Waals surface area contributed by atoms with Crippen LogP contribution >= 0.6 is 0 Å². The molecule has 0 aromatic heterocycles. The van der Waals surface area contributed by atoms with E-state index in [1.165, 1.54) is 4.90 Å². The first-order valence-corrected chi connectivity index (χ1v) is 10.1. The van der Waals surface area contributed by atoms with Gasteiger partial charge < -0.3 is 19.9 Å². The van der Waals surface area contributed by atoms with Gasteiger partial charge in [-0.25, -0.2) is 4.99 Å². The number of aliphatic imine (C=N–C) groups is 1. The number of carbonyl (C=O) groups excluding carboxylic acids is 1. The number of ether oxygens (including phenoxy) is 3. The number of rotatable bonds is 7. The SMILES string of the molecule is COc1ccc(C2(c3ccc(OC)cc3)N=C(N)N(Cc3cccc(OC)c3)C2=O)cc1. The molecule has 32 heavy (non-hydrogen) atoms. The van der Waals surface area contributed by atoms with E-state index in [4.69, 9.17) is 24.9 Å². The maximum absolute atomic E-state index is 13.9. The minimum absolute atomic E-state index is 0.157. The Morgan fingerprint density at radius 2 is 1.34 bits per heavy atom. The fraction of sp³-hybridized carbons (Fsp3) is 0.200. The van der Waals surface area contributed by atoms with E-state index in [0.717, 1.165) is 5.56 Å². The molecule has 0 saturated carbocycles. The maximum atomic E-state index is 13.9. The summed E-state index contributed by atoms with van der Waals surface area (Å²) in [5, 5.41) is 0. The summed E-state index contributed by atoms with van der Waals surface area (Å²) < 4.78 is 15.9. The van der Waals surface area contributed by atoms with Gasteiger partial charge in [-0.1, -0.05) is 36.4 Å². The minimum Gasteiger partial charge on any atom is -0.497 e. The Kier molecular flexibility index (Phi) is 5.73. The number of amides is 1. The quantitative estimate of drug-likeness (QED) is 0.620. The van der Waals surface area contributed by atoms with Gasteiger partial charge in [-0.05, 0) is 53.1 Å². The van der Waals surface area contributed by atoms with Crippen molar-refractivity contribution in [2.45, 2.75) is 12.1 Å². The van der Waals surface area contributed by atoms with Crippen LogP contribution < -0.4 is 19.9 Å². The van der Waals surface area contributed by atoms with Gasteiger partial charge in [-0.3, -0.25) is 9.69 Å². The topological polar surface area (TPSA) is 86.4 Å². The number of benzene rings is 3. The summed E-state index contributed by atoms with van der Waals surface area (Å²) in [5.41, 5.74) is 7.30. The molecule has 1 aliphatic heterocycles. The summed E-state index contributed by atoms with van der Waals surface area (Å²) in [4.78, 5) is 20.2. The molecule has 0 bridgehead atoms. The molecule has 1 heterocycles. The molecule has 0 aliphatic carbocycles.